The lowest BCUT2D eigenvalue weighted by Crippen LogP contribution is -2.30. The summed E-state index contributed by atoms with van der Waals surface area (Å²) in [6.07, 6.45) is 90.2. The normalized spacial score (nSPS) is 12.6. The molecule has 0 bridgehead atoms. The van der Waals surface area contributed by atoms with Crippen LogP contribution >= 0.6 is 0 Å². The zero-order chi connectivity index (χ0) is 57.8. The quantitative estimate of drug-likeness (QED) is 0.0261. The lowest BCUT2D eigenvalue weighted by atomic mass is 10.0. The molecule has 0 radical (unpaired) electrons. The van der Waals surface area contributed by atoms with E-state index in [1.165, 1.54) is 199 Å². The summed E-state index contributed by atoms with van der Waals surface area (Å²) in [6.45, 7) is 6.56. The number of esters is 3. The smallest absolute Gasteiger partial charge is 0.306 e. The maximum atomic E-state index is 13.0. The van der Waals surface area contributed by atoms with Crippen LogP contribution in [0.25, 0.3) is 0 Å². The molecule has 0 aliphatic carbocycles. The van der Waals surface area contributed by atoms with E-state index in [4.69, 9.17) is 14.2 Å². The number of hydrogen-bond acceptors (Lipinski definition) is 6. The van der Waals surface area contributed by atoms with Crippen molar-refractivity contribution in [3.63, 3.8) is 0 Å². The molecule has 6 nitrogen and oxygen atoms in total. The molecular formula is C74H130O6. The van der Waals surface area contributed by atoms with Crippen molar-refractivity contribution in [2.24, 2.45) is 0 Å². The second kappa shape index (κ2) is 68.1. The minimum atomic E-state index is -0.786. The number of unbranched alkanes of at least 4 members (excludes halogenated alkanes) is 38. The molecule has 0 N–H and O–H groups in total. The van der Waals surface area contributed by atoms with Crippen LogP contribution < -0.4 is 0 Å². The van der Waals surface area contributed by atoms with Crippen LogP contribution in [0.4, 0.5) is 0 Å². The van der Waals surface area contributed by atoms with Crippen molar-refractivity contribution in [2.75, 3.05) is 13.2 Å². The second-order valence-corrected chi connectivity index (χ2v) is 23.1. The molecule has 0 aliphatic rings. The molecular weight excluding hydrogens is 985 g/mol. The molecule has 0 aromatic carbocycles. The lowest BCUT2D eigenvalue weighted by molar-refractivity contribution is -0.167. The van der Waals surface area contributed by atoms with Gasteiger partial charge < -0.3 is 14.2 Å². The van der Waals surface area contributed by atoms with Gasteiger partial charge >= 0.3 is 17.9 Å². The zero-order valence-corrected chi connectivity index (χ0v) is 53.1. The number of ether oxygens (including phenoxy) is 3. The molecule has 0 saturated heterocycles. The first-order valence-electron chi connectivity index (χ1n) is 34.6. The largest absolute Gasteiger partial charge is 0.462 e. The van der Waals surface area contributed by atoms with Gasteiger partial charge in [-0.25, -0.2) is 0 Å². The van der Waals surface area contributed by atoms with Gasteiger partial charge in [-0.3, -0.25) is 14.4 Å². The number of rotatable bonds is 63. The van der Waals surface area contributed by atoms with Gasteiger partial charge in [0.15, 0.2) is 6.10 Å². The molecule has 1 atom stereocenters. The Morgan fingerprint density at radius 2 is 0.487 bits per heavy atom. The predicted molar refractivity (Wildman–Crippen MR) is 348 cm³/mol. The number of carbonyl (C=O) groups excluding carboxylic acids is 3. The van der Waals surface area contributed by atoms with E-state index in [1.807, 2.05) is 0 Å². The van der Waals surface area contributed by atoms with Crippen LogP contribution in [0, 0.1) is 0 Å². The maximum Gasteiger partial charge on any atom is 0.306 e. The van der Waals surface area contributed by atoms with Crippen molar-refractivity contribution in [1.29, 1.82) is 0 Å². The molecule has 0 aromatic rings. The van der Waals surface area contributed by atoms with Crippen molar-refractivity contribution < 1.29 is 28.6 Å². The summed E-state index contributed by atoms with van der Waals surface area (Å²) in [5.74, 6) is -0.878. The Bertz CT molecular complexity index is 1520. The van der Waals surface area contributed by atoms with Crippen molar-refractivity contribution >= 4 is 17.9 Å². The van der Waals surface area contributed by atoms with Gasteiger partial charge in [-0.05, 0) is 96.3 Å². The van der Waals surface area contributed by atoms with Gasteiger partial charge in [0, 0.05) is 19.3 Å². The van der Waals surface area contributed by atoms with Crippen molar-refractivity contribution in [3.05, 3.63) is 85.1 Å². The summed E-state index contributed by atoms with van der Waals surface area (Å²) in [7, 11) is 0. The highest BCUT2D eigenvalue weighted by Crippen LogP contribution is 2.17. The maximum absolute atomic E-state index is 13.0. The van der Waals surface area contributed by atoms with Crippen LogP contribution in [-0.2, 0) is 28.6 Å². The minimum Gasteiger partial charge on any atom is -0.462 e. The van der Waals surface area contributed by atoms with Crippen LogP contribution in [0.1, 0.15) is 348 Å². The first-order valence-corrected chi connectivity index (χ1v) is 34.6. The predicted octanol–water partition coefficient (Wildman–Crippen LogP) is 23.8. The first-order chi connectivity index (χ1) is 39.5. The Labute approximate surface area is 496 Å². The Balaban J connectivity index is 4.39. The van der Waals surface area contributed by atoms with Gasteiger partial charge in [0.25, 0.3) is 0 Å². The van der Waals surface area contributed by atoms with Crippen molar-refractivity contribution in [1.82, 2.24) is 0 Å². The van der Waals surface area contributed by atoms with Gasteiger partial charge in [0.05, 0.1) is 0 Å². The number of carbonyl (C=O) groups is 3. The highest BCUT2D eigenvalue weighted by atomic mass is 16.6. The van der Waals surface area contributed by atoms with Crippen LogP contribution in [0.15, 0.2) is 85.1 Å². The average molecular weight is 1120 g/mol. The molecule has 1 unspecified atom stereocenters. The summed E-state index contributed by atoms with van der Waals surface area (Å²) in [4.78, 5) is 38.5. The molecule has 0 heterocycles. The van der Waals surface area contributed by atoms with Gasteiger partial charge in [-0.1, -0.05) is 318 Å². The van der Waals surface area contributed by atoms with Crippen molar-refractivity contribution in [3.8, 4) is 0 Å². The fourth-order valence-electron chi connectivity index (χ4n) is 9.97. The summed E-state index contributed by atoms with van der Waals surface area (Å²) >= 11 is 0. The molecule has 80 heavy (non-hydrogen) atoms. The molecule has 0 aromatic heterocycles. The Kier molecular flexibility index (Phi) is 65.2. The molecule has 6 heteroatoms. The topological polar surface area (TPSA) is 78.9 Å². The highest BCUT2D eigenvalue weighted by molar-refractivity contribution is 5.71. The number of allylic oxidation sites excluding steroid dienone is 14. The number of hydrogen-bond donors (Lipinski definition) is 0. The molecule has 0 aliphatic heterocycles. The summed E-state index contributed by atoms with van der Waals surface area (Å²) in [5.41, 5.74) is 0. The van der Waals surface area contributed by atoms with Gasteiger partial charge in [0.1, 0.15) is 13.2 Å². The van der Waals surface area contributed by atoms with E-state index >= 15 is 0 Å². The molecule has 0 spiro atoms. The molecule has 0 saturated carbocycles. The molecule has 0 rings (SSSR count). The fourth-order valence-corrected chi connectivity index (χ4v) is 9.97. The van der Waals surface area contributed by atoms with Gasteiger partial charge in [-0.15, -0.1) is 0 Å². The highest BCUT2D eigenvalue weighted by Gasteiger charge is 2.19. The summed E-state index contributed by atoms with van der Waals surface area (Å²) < 4.78 is 17.0. The van der Waals surface area contributed by atoms with Crippen LogP contribution in [0.3, 0.4) is 0 Å². The average Bonchev–Trinajstić information content (AvgIpc) is 3.46. The molecule has 0 amide bonds. The zero-order valence-electron chi connectivity index (χ0n) is 53.1. The monoisotopic (exact) mass is 1110 g/mol. The van der Waals surface area contributed by atoms with Crippen LogP contribution in [0.5, 0.6) is 0 Å². The van der Waals surface area contributed by atoms with Gasteiger partial charge in [-0.2, -0.15) is 0 Å². The van der Waals surface area contributed by atoms with Crippen molar-refractivity contribution in [2.45, 2.75) is 354 Å². The third kappa shape index (κ3) is 65.4. The Morgan fingerprint density at radius 3 is 0.762 bits per heavy atom. The van der Waals surface area contributed by atoms with E-state index in [9.17, 15) is 14.4 Å². The van der Waals surface area contributed by atoms with E-state index < -0.39 is 6.10 Å². The fraction of sp³-hybridized carbons (Fsp3) is 0.770. The van der Waals surface area contributed by atoms with Crippen LogP contribution in [0.2, 0.25) is 0 Å². The minimum absolute atomic E-state index is 0.0798. The third-order valence-corrected chi connectivity index (χ3v) is 15.1. The van der Waals surface area contributed by atoms with E-state index in [2.05, 4.69) is 106 Å². The van der Waals surface area contributed by atoms with Crippen LogP contribution in [-0.4, -0.2) is 37.2 Å². The molecule has 462 valence electrons. The SMILES string of the molecule is CC/C=C\C/C=C\C/C=C\C/C=C\CCCCCCCCCCCCC(=O)OCC(COC(=O)CCCCCCCCCCCCCCCCCCCC)OC(=O)CCCCCCCC/C=C\C/C=C\C/C=C\CCCCCCC. The van der Waals surface area contributed by atoms with Gasteiger partial charge in [0.2, 0.25) is 0 Å². The van der Waals surface area contributed by atoms with E-state index in [1.54, 1.807) is 0 Å². The lowest BCUT2D eigenvalue weighted by Gasteiger charge is -2.18. The Morgan fingerprint density at radius 1 is 0.263 bits per heavy atom. The second-order valence-electron chi connectivity index (χ2n) is 23.1. The van der Waals surface area contributed by atoms with E-state index in [0.717, 1.165) is 109 Å². The third-order valence-electron chi connectivity index (χ3n) is 15.1. The van der Waals surface area contributed by atoms with E-state index in [-0.39, 0.29) is 31.1 Å². The summed E-state index contributed by atoms with van der Waals surface area (Å²) in [6, 6.07) is 0. The standard InChI is InChI=1S/C74H130O6/c1-4-7-10-13-16-19-22-25-28-31-34-36-37-39-40-43-46-49-52-55-58-61-64-67-73(76)79-70-71(69-78-72(75)66-63-60-57-54-51-48-45-42-33-30-27-24-21-18-15-12-9-6-3)80-74(77)68-65-62-59-56-53-50-47-44-41-38-35-32-29-26-23-20-17-14-11-8-5-2/h7,10,16,19,23,25-26,28,32,34-36,41,44,71H,4-6,8-9,11-15,17-18,20-22,24,27,29-31,33,37-40,42-43,45-70H2,1-3H3/b10-7-,19-16-,26-23-,28-25-,35-32-,36-34-,44-41-. The summed E-state index contributed by atoms with van der Waals surface area (Å²) in [5, 5.41) is 0. The first kappa shape index (κ1) is 76.6. The van der Waals surface area contributed by atoms with E-state index in [0.29, 0.717) is 19.3 Å². The molecule has 0 fully saturated rings. The Hall–Kier alpha value is -3.41.